The lowest BCUT2D eigenvalue weighted by molar-refractivity contribution is -0.385. The molecule has 1 aliphatic rings. The van der Waals surface area contributed by atoms with E-state index in [-0.39, 0.29) is 23.8 Å². The third kappa shape index (κ3) is 3.80. The zero-order chi connectivity index (χ0) is 23.0. The minimum Gasteiger partial charge on any atom is -0.454 e. The number of ether oxygens (including phenoxy) is 3. The van der Waals surface area contributed by atoms with Crippen LogP contribution >= 0.6 is 0 Å². The number of benzene rings is 2. The number of nitro benzene ring substituents is 1. The van der Waals surface area contributed by atoms with Crippen molar-refractivity contribution in [3.05, 3.63) is 80.7 Å². The fourth-order valence-electron chi connectivity index (χ4n) is 3.75. The molecule has 9 nitrogen and oxygen atoms in total. The van der Waals surface area contributed by atoms with Crippen LogP contribution in [-0.4, -0.2) is 34.6 Å². The van der Waals surface area contributed by atoms with E-state index in [0.717, 1.165) is 11.4 Å². The van der Waals surface area contributed by atoms with Gasteiger partial charge in [-0.05, 0) is 51.1 Å². The Balaban J connectivity index is 1.50. The van der Waals surface area contributed by atoms with Crippen LogP contribution in [0.15, 0.2) is 42.5 Å². The van der Waals surface area contributed by atoms with Gasteiger partial charge in [0.2, 0.25) is 12.6 Å². The maximum absolute atomic E-state index is 12.8. The average molecular weight is 436 g/mol. The maximum Gasteiger partial charge on any atom is 0.338 e. The number of nitro groups is 1. The molecule has 0 spiro atoms. The smallest absolute Gasteiger partial charge is 0.338 e. The second-order valence-electron chi connectivity index (χ2n) is 7.42. The monoisotopic (exact) mass is 436 g/mol. The third-order valence-electron chi connectivity index (χ3n) is 5.31. The van der Waals surface area contributed by atoms with Gasteiger partial charge >= 0.3 is 5.97 Å². The first-order valence-electron chi connectivity index (χ1n) is 9.80. The number of hydrogen-bond acceptors (Lipinski definition) is 7. The summed E-state index contributed by atoms with van der Waals surface area (Å²) in [7, 11) is 0. The van der Waals surface area contributed by atoms with Crippen LogP contribution in [0.5, 0.6) is 11.5 Å². The molecule has 164 valence electrons. The van der Waals surface area contributed by atoms with Crippen LogP contribution in [0, 0.1) is 30.9 Å². The fraction of sp³-hybridized carbons (Fsp3) is 0.217. The number of fused-ring (bicyclic) bond motifs is 1. The highest BCUT2D eigenvalue weighted by atomic mass is 16.7. The summed E-state index contributed by atoms with van der Waals surface area (Å²) in [5, 5.41) is 10.9. The molecule has 0 amide bonds. The molecule has 3 aromatic rings. The maximum atomic E-state index is 12.8. The van der Waals surface area contributed by atoms with Gasteiger partial charge in [0.15, 0.2) is 18.1 Å². The molecule has 32 heavy (non-hydrogen) atoms. The molecule has 2 heterocycles. The van der Waals surface area contributed by atoms with Gasteiger partial charge in [-0.15, -0.1) is 0 Å². The van der Waals surface area contributed by atoms with E-state index in [1.807, 2.05) is 36.6 Å². The standard InChI is InChI=1S/C23H20N2O7/c1-13-8-16(4-6-19(13)25(28)29)23(27)30-11-20(26)18-9-14(2)24(15(18)3)17-5-7-21-22(10-17)32-12-31-21/h4-10H,11-12H2,1-3H3. The normalized spacial score (nSPS) is 12.0. The van der Waals surface area contributed by atoms with Crippen LogP contribution in [0.4, 0.5) is 5.69 Å². The summed E-state index contributed by atoms with van der Waals surface area (Å²) in [6, 6.07) is 11.2. The van der Waals surface area contributed by atoms with Crippen molar-refractivity contribution < 1.29 is 28.7 Å². The van der Waals surface area contributed by atoms with E-state index >= 15 is 0 Å². The zero-order valence-electron chi connectivity index (χ0n) is 17.7. The molecular formula is C23H20N2O7. The number of carbonyl (C=O) groups excluding carboxylic acids is 2. The van der Waals surface area contributed by atoms with Crippen molar-refractivity contribution in [3.63, 3.8) is 0 Å². The molecule has 0 bridgehead atoms. The molecule has 0 unspecified atom stereocenters. The Labute approximate surface area is 183 Å². The Bertz CT molecular complexity index is 1260. The summed E-state index contributed by atoms with van der Waals surface area (Å²) in [5.41, 5.74) is 3.19. The second kappa shape index (κ2) is 8.18. The van der Waals surface area contributed by atoms with Gasteiger partial charge < -0.3 is 18.8 Å². The number of esters is 1. The van der Waals surface area contributed by atoms with Gasteiger partial charge in [-0.3, -0.25) is 14.9 Å². The van der Waals surface area contributed by atoms with Crippen molar-refractivity contribution in [2.24, 2.45) is 0 Å². The van der Waals surface area contributed by atoms with E-state index in [2.05, 4.69) is 0 Å². The molecule has 4 rings (SSSR count). The molecular weight excluding hydrogens is 416 g/mol. The second-order valence-corrected chi connectivity index (χ2v) is 7.42. The van der Waals surface area contributed by atoms with E-state index in [1.54, 1.807) is 6.07 Å². The Hall–Kier alpha value is -4.14. The first-order valence-corrected chi connectivity index (χ1v) is 9.80. The summed E-state index contributed by atoms with van der Waals surface area (Å²) < 4.78 is 17.9. The van der Waals surface area contributed by atoms with Crippen molar-refractivity contribution in [2.75, 3.05) is 13.4 Å². The molecule has 0 aliphatic carbocycles. The number of ketones is 1. The molecule has 0 saturated heterocycles. The fourth-order valence-corrected chi connectivity index (χ4v) is 3.75. The zero-order valence-corrected chi connectivity index (χ0v) is 17.7. The average Bonchev–Trinajstić information content (AvgIpc) is 3.34. The van der Waals surface area contributed by atoms with E-state index < -0.39 is 17.5 Å². The van der Waals surface area contributed by atoms with E-state index in [0.29, 0.717) is 28.3 Å². The molecule has 0 fully saturated rings. The Morgan fingerprint density at radius 2 is 1.81 bits per heavy atom. The molecule has 0 saturated carbocycles. The number of carbonyl (C=O) groups is 2. The highest BCUT2D eigenvalue weighted by molar-refractivity contribution is 6.00. The van der Waals surface area contributed by atoms with Crippen molar-refractivity contribution in [1.82, 2.24) is 4.57 Å². The minimum absolute atomic E-state index is 0.0893. The topological polar surface area (TPSA) is 110 Å². The van der Waals surface area contributed by atoms with Crippen LogP contribution in [-0.2, 0) is 4.74 Å². The van der Waals surface area contributed by atoms with Crippen molar-refractivity contribution in [2.45, 2.75) is 20.8 Å². The molecule has 9 heteroatoms. The first-order chi connectivity index (χ1) is 15.3. The third-order valence-corrected chi connectivity index (χ3v) is 5.31. The van der Waals surface area contributed by atoms with E-state index in [9.17, 15) is 19.7 Å². The number of aryl methyl sites for hydroxylation is 2. The lowest BCUT2D eigenvalue weighted by atomic mass is 10.1. The van der Waals surface area contributed by atoms with Crippen LogP contribution in [0.1, 0.15) is 37.7 Å². The molecule has 0 atom stereocenters. The Morgan fingerprint density at radius 3 is 2.53 bits per heavy atom. The minimum atomic E-state index is -0.721. The predicted molar refractivity (Wildman–Crippen MR) is 114 cm³/mol. The lowest BCUT2D eigenvalue weighted by Crippen LogP contribution is -2.15. The molecule has 1 aliphatic heterocycles. The van der Waals surface area contributed by atoms with Crippen LogP contribution in [0.25, 0.3) is 5.69 Å². The molecule has 0 radical (unpaired) electrons. The number of Topliss-reactive ketones (excluding diaryl/α,β-unsaturated/α-hetero) is 1. The van der Waals surface area contributed by atoms with Crippen molar-refractivity contribution in [3.8, 4) is 17.2 Å². The van der Waals surface area contributed by atoms with E-state index in [4.69, 9.17) is 14.2 Å². The van der Waals surface area contributed by atoms with Gasteiger partial charge in [0.05, 0.1) is 10.5 Å². The summed E-state index contributed by atoms with van der Waals surface area (Å²) in [6.07, 6.45) is 0. The summed E-state index contributed by atoms with van der Waals surface area (Å²) in [5.74, 6) is 0.231. The quantitative estimate of drug-likeness (QED) is 0.248. The molecule has 2 aromatic carbocycles. The predicted octanol–water partition coefficient (Wildman–Crippen LogP) is 4.08. The molecule has 1 aromatic heterocycles. The van der Waals surface area contributed by atoms with E-state index in [1.165, 1.54) is 25.1 Å². The Morgan fingerprint density at radius 1 is 1.06 bits per heavy atom. The SMILES string of the molecule is Cc1cc(C(=O)OCC(=O)c2cc(C)n(-c3ccc4c(c3)OCO4)c2C)ccc1[N+](=O)[O-]. The van der Waals surface area contributed by atoms with Crippen LogP contribution in [0.2, 0.25) is 0 Å². The lowest BCUT2D eigenvalue weighted by Gasteiger charge is -2.11. The van der Waals surface area contributed by atoms with Gasteiger partial charge in [0.25, 0.3) is 5.69 Å². The Kier molecular flexibility index (Phi) is 5.40. The van der Waals surface area contributed by atoms with Crippen molar-refractivity contribution >= 4 is 17.4 Å². The van der Waals surface area contributed by atoms with Gasteiger partial charge in [0.1, 0.15) is 0 Å². The largest absolute Gasteiger partial charge is 0.454 e. The van der Waals surface area contributed by atoms with Gasteiger partial charge in [-0.1, -0.05) is 0 Å². The highest BCUT2D eigenvalue weighted by Gasteiger charge is 2.21. The van der Waals surface area contributed by atoms with Gasteiger partial charge in [-0.25, -0.2) is 4.79 Å². The summed E-state index contributed by atoms with van der Waals surface area (Å²) in [6.45, 7) is 4.95. The number of hydrogen-bond donors (Lipinski definition) is 0. The first kappa shape index (κ1) is 21.1. The number of aromatic nitrogens is 1. The number of nitrogens with zero attached hydrogens (tertiary/aromatic N) is 2. The number of rotatable bonds is 6. The highest BCUT2D eigenvalue weighted by Crippen LogP contribution is 2.35. The van der Waals surface area contributed by atoms with Crippen LogP contribution < -0.4 is 9.47 Å². The van der Waals surface area contributed by atoms with Gasteiger partial charge in [-0.2, -0.15) is 0 Å². The van der Waals surface area contributed by atoms with Crippen LogP contribution in [0.3, 0.4) is 0 Å². The van der Waals surface area contributed by atoms with Gasteiger partial charge in [0, 0.05) is 40.3 Å². The van der Waals surface area contributed by atoms with Crippen molar-refractivity contribution in [1.29, 1.82) is 0 Å². The molecule has 0 N–H and O–H groups in total. The summed E-state index contributed by atoms with van der Waals surface area (Å²) >= 11 is 0. The summed E-state index contributed by atoms with van der Waals surface area (Å²) in [4.78, 5) is 35.5.